The molecule has 0 bridgehead atoms. The van der Waals surface area contributed by atoms with Gasteiger partial charge in [0.05, 0.1) is 18.6 Å². The summed E-state index contributed by atoms with van der Waals surface area (Å²) in [6.07, 6.45) is 2.17. The van der Waals surface area contributed by atoms with Crippen LogP contribution in [0.5, 0.6) is 5.75 Å². The van der Waals surface area contributed by atoms with E-state index in [2.05, 4.69) is 10.6 Å². The van der Waals surface area contributed by atoms with Gasteiger partial charge < -0.3 is 25.2 Å². The molecule has 2 fully saturated rings. The predicted octanol–water partition coefficient (Wildman–Crippen LogP) is 2.65. The molecule has 2 aromatic rings. The Morgan fingerprint density at radius 3 is 2.74 bits per heavy atom. The molecular weight excluding hydrogens is 487 g/mol. The van der Waals surface area contributed by atoms with E-state index in [1.165, 1.54) is 12.1 Å². The van der Waals surface area contributed by atoms with Crippen molar-refractivity contribution >= 4 is 17.7 Å². The highest BCUT2D eigenvalue weighted by molar-refractivity contribution is 5.89. The molecule has 4 rings (SSSR count). The summed E-state index contributed by atoms with van der Waals surface area (Å²) >= 11 is 0. The molecule has 1 unspecified atom stereocenters. The third-order valence-electron chi connectivity index (χ3n) is 7.02. The largest absolute Gasteiger partial charge is 0.493 e. The molecule has 38 heavy (non-hydrogen) atoms. The lowest BCUT2D eigenvalue weighted by molar-refractivity contribution is -0.136. The number of aryl methyl sites for hydroxylation is 1. The summed E-state index contributed by atoms with van der Waals surface area (Å²) in [4.78, 5) is 41.6. The Balaban J connectivity index is 1.12. The van der Waals surface area contributed by atoms with E-state index in [-0.39, 0.29) is 41.9 Å². The normalized spacial score (nSPS) is 19.6. The van der Waals surface area contributed by atoms with E-state index in [1.54, 1.807) is 11.0 Å². The Morgan fingerprint density at radius 2 is 1.95 bits per heavy atom. The van der Waals surface area contributed by atoms with Crippen molar-refractivity contribution in [2.45, 2.75) is 45.2 Å². The zero-order chi connectivity index (χ0) is 26.9. The molecular formula is C29H37FN4O4. The molecule has 8 nitrogen and oxygen atoms in total. The summed E-state index contributed by atoms with van der Waals surface area (Å²) in [6, 6.07) is 14.2. The second-order valence-electron chi connectivity index (χ2n) is 10.1. The number of carbonyl (C=O) groups excluding carboxylic acids is 3. The average Bonchev–Trinajstić information content (AvgIpc) is 3.26. The fourth-order valence-corrected chi connectivity index (χ4v) is 5.01. The van der Waals surface area contributed by atoms with Gasteiger partial charge in [0.15, 0.2) is 0 Å². The highest BCUT2D eigenvalue weighted by atomic mass is 19.1. The van der Waals surface area contributed by atoms with E-state index in [0.29, 0.717) is 51.5 Å². The summed E-state index contributed by atoms with van der Waals surface area (Å²) in [7, 11) is 0. The SMILES string of the molecule is Cc1cc(F)cc(OCCCCN2CC(C(=O)NCC[C@@H]3NCCN(Cc4ccccc4)C3=O)CC2=O)c1. The molecule has 2 aromatic carbocycles. The second kappa shape index (κ2) is 13.4. The van der Waals surface area contributed by atoms with Crippen LogP contribution < -0.4 is 15.4 Å². The molecule has 0 saturated carbocycles. The number of ether oxygens (including phenoxy) is 1. The molecule has 3 amide bonds. The minimum atomic E-state index is -0.376. The Morgan fingerprint density at radius 1 is 1.13 bits per heavy atom. The molecule has 0 radical (unpaired) electrons. The summed E-state index contributed by atoms with van der Waals surface area (Å²) in [5, 5.41) is 6.18. The van der Waals surface area contributed by atoms with Crippen molar-refractivity contribution < 1.29 is 23.5 Å². The van der Waals surface area contributed by atoms with Crippen molar-refractivity contribution in [3.63, 3.8) is 0 Å². The van der Waals surface area contributed by atoms with Gasteiger partial charge in [-0.05, 0) is 49.4 Å². The third-order valence-corrected chi connectivity index (χ3v) is 7.02. The summed E-state index contributed by atoms with van der Waals surface area (Å²) in [5.74, 6) is -0.307. The van der Waals surface area contributed by atoms with Crippen LogP contribution in [0.3, 0.4) is 0 Å². The molecule has 0 aromatic heterocycles. The number of hydrogen-bond donors (Lipinski definition) is 2. The Hall–Kier alpha value is -3.46. The molecule has 0 aliphatic carbocycles. The number of amides is 3. The van der Waals surface area contributed by atoms with Crippen LogP contribution in [0.2, 0.25) is 0 Å². The van der Waals surface area contributed by atoms with Gasteiger partial charge in [-0.3, -0.25) is 14.4 Å². The fraction of sp³-hybridized carbons (Fsp3) is 0.483. The number of nitrogens with one attached hydrogen (secondary N) is 2. The summed E-state index contributed by atoms with van der Waals surface area (Å²) in [5.41, 5.74) is 1.90. The molecule has 2 aliphatic heterocycles. The van der Waals surface area contributed by atoms with Crippen LogP contribution in [0, 0.1) is 18.7 Å². The van der Waals surface area contributed by atoms with Gasteiger partial charge in [0, 0.05) is 51.8 Å². The maximum absolute atomic E-state index is 13.5. The third kappa shape index (κ3) is 7.77. The van der Waals surface area contributed by atoms with Crippen LogP contribution in [0.4, 0.5) is 4.39 Å². The number of rotatable bonds is 12. The number of piperazine rings is 1. The van der Waals surface area contributed by atoms with Gasteiger partial charge in [-0.1, -0.05) is 30.3 Å². The quantitative estimate of drug-likeness (QED) is 0.417. The summed E-state index contributed by atoms with van der Waals surface area (Å²) < 4.78 is 19.1. The Kier molecular flexibility index (Phi) is 9.70. The number of unbranched alkanes of at least 4 members (excludes halogenated alkanes) is 1. The molecule has 2 heterocycles. The van der Waals surface area contributed by atoms with Gasteiger partial charge in [-0.2, -0.15) is 0 Å². The van der Waals surface area contributed by atoms with Gasteiger partial charge in [-0.25, -0.2) is 4.39 Å². The lowest BCUT2D eigenvalue weighted by atomic mass is 10.1. The lowest BCUT2D eigenvalue weighted by Gasteiger charge is -2.33. The van der Waals surface area contributed by atoms with Crippen LogP contribution in [-0.2, 0) is 20.9 Å². The van der Waals surface area contributed by atoms with Gasteiger partial charge >= 0.3 is 0 Å². The molecule has 2 saturated heterocycles. The number of halogens is 1. The maximum atomic E-state index is 13.5. The minimum Gasteiger partial charge on any atom is -0.493 e. The topological polar surface area (TPSA) is 91.0 Å². The van der Waals surface area contributed by atoms with Crippen LogP contribution in [0.15, 0.2) is 48.5 Å². The average molecular weight is 525 g/mol. The van der Waals surface area contributed by atoms with Crippen LogP contribution in [0.1, 0.15) is 36.8 Å². The van der Waals surface area contributed by atoms with Crippen molar-refractivity contribution in [2.24, 2.45) is 5.92 Å². The van der Waals surface area contributed by atoms with Crippen molar-refractivity contribution in [1.29, 1.82) is 0 Å². The smallest absolute Gasteiger partial charge is 0.240 e. The van der Waals surface area contributed by atoms with Crippen LogP contribution in [-0.4, -0.2) is 72.9 Å². The molecule has 204 valence electrons. The van der Waals surface area contributed by atoms with Crippen LogP contribution in [0.25, 0.3) is 0 Å². The number of carbonyl (C=O) groups is 3. The number of likely N-dealkylation sites (tertiary alicyclic amines) is 1. The highest BCUT2D eigenvalue weighted by Gasteiger charge is 2.34. The van der Waals surface area contributed by atoms with Crippen LogP contribution >= 0.6 is 0 Å². The van der Waals surface area contributed by atoms with E-state index in [1.807, 2.05) is 42.2 Å². The van der Waals surface area contributed by atoms with E-state index in [0.717, 1.165) is 30.5 Å². The standard InChI is InChI=1S/C29H37FN4O4/c1-21-15-24(30)18-25(16-21)38-14-6-5-12-33-20-23(17-27(33)35)28(36)32-10-9-26-29(37)34(13-11-31-26)19-22-7-3-2-4-8-22/h2-4,7-8,15-16,18,23,26,31H,5-6,9-14,17,19-20H2,1H3,(H,32,36)/t23?,26-/m0/s1. The first-order valence-corrected chi connectivity index (χ1v) is 13.4. The maximum Gasteiger partial charge on any atom is 0.240 e. The molecule has 2 N–H and O–H groups in total. The lowest BCUT2D eigenvalue weighted by Crippen LogP contribution is -2.55. The van der Waals surface area contributed by atoms with Gasteiger partial charge in [0.1, 0.15) is 11.6 Å². The van der Waals surface area contributed by atoms with Gasteiger partial charge in [0.25, 0.3) is 0 Å². The Labute approximate surface area is 223 Å². The fourth-order valence-electron chi connectivity index (χ4n) is 5.01. The summed E-state index contributed by atoms with van der Waals surface area (Å²) in [6.45, 7) is 5.55. The van der Waals surface area contributed by atoms with Crippen molar-refractivity contribution in [3.8, 4) is 5.75 Å². The molecule has 2 atom stereocenters. The van der Waals surface area contributed by atoms with Crippen molar-refractivity contribution in [2.75, 3.05) is 39.3 Å². The second-order valence-corrected chi connectivity index (χ2v) is 10.1. The zero-order valence-corrected chi connectivity index (χ0v) is 22.0. The Bertz CT molecular complexity index is 1090. The number of benzene rings is 2. The van der Waals surface area contributed by atoms with E-state index in [9.17, 15) is 18.8 Å². The molecule has 9 heteroatoms. The minimum absolute atomic E-state index is 0.0208. The van der Waals surface area contributed by atoms with E-state index in [4.69, 9.17) is 4.74 Å². The number of hydrogen-bond acceptors (Lipinski definition) is 5. The van der Waals surface area contributed by atoms with E-state index < -0.39 is 0 Å². The monoisotopic (exact) mass is 524 g/mol. The zero-order valence-electron chi connectivity index (χ0n) is 22.0. The van der Waals surface area contributed by atoms with Crippen molar-refractivity contribution in [1.82, 2.24) is 20.4 Å². The van der Waals surface area contributed by atoms with Gasteiger partial charge in [-0.15, -0.1) is 0 Å². The number of nitrogens with zero attached hydrogens (tertiary/aromatic N) is 2. The van der Waals surface area contributed by atoms with E-state index >= 15 is 0 Å². The first-order chi connectivity index (χ1) is 18.4. The first kappa shape index (κ1) is 27.6. The van der Waals surface area contributed by atoms with Gasteiger partial charge in [0.2, 0.25) is 17.7 Å². The predicted molar refractivity (Wildman–Crippen MR) is 142 cm³/mol. The first-order valence-electron chi connectivity index (χ1n) is 13.4. The molecule has 2 aliphatic rings. The van der Waals surface area contributed by atoms with Crippen molar-refractivity contribution in [3.05, 3.63) is 65.5 Å². The highest BCUT2D eigenvalue weighted by Crippen LogP contribution is 2.20. The molecule has 0 spiro atoms.